The number of guanidine groups is 1. The predicted molar refractivity (Wildman–Crippen MR) is 512 cm³/mol. The first kappa shape index (κ1) is 119. The number of aliphatic imine (C=N–C) groups is 1. The van der Waals surface area contributed by atoms with E-state index in [-0.39, 0.29) is 134 Å². The summed E-state index contributed by atoms with van der Waals surface area (Å²) >= 11 is 0. The Labute approximate surface area is 793 Å². The number of hydrogen-bond acceptors (Lipinski definition) is 25. The number of nitrogens with two attached hydrogens (primary N) is 9. The summed E-state index contributed by atoms with van der Waals surface area (Å²) in [6, 6.07) is -2.31. The zero-order valence-corrected chi connectivity index (χ0v) is 80.2. The van der Waals surface area contributed by atoms with Gasteiger partial charge in [-0.15, -0.1) is 0 Å². The molecular weight excluding hydrogens is 1750 g/mol. The summed E-state index contributed by atoms with van der Waals surface area (Å²) < 4.78 is 0. The lowest BCUT2D eigenvalue weighted by atomic mass is 9.97. The van der Waals surface area contributed by atoms with Gasteiger partial charge in [-0.05, 0) is 230 Å². The maximum atomic E-state index is 14.7. The molecule has 0 radical (unpaired) electrons. The topological polar surface area (TPSA) is 749 Å². The molecule has 2 aromatic carbocycles. The Morgan fingerprint density at radius 2 is 0.585 bits per heavy atom. The van der Waals surface area contributed by atoms with Crippen LogP contribution in [0.25, 0.3) is 0 Å². The SMILES string of the molecule is CC[C@H](C)[C@H](NC(=O)[C@H](C)NC(=O)[C@H](CCCN=C(N)N)NC(=O)[C@H](C)NC(=O)[C@H](CC(C)C)NC(=O)[C@H](CCCCN)NC(=O)[C@H](CCCCN)NC(=O)[C@H](Cc1ccccc1)NC(=O)[C@H](CC(C)C)NC(=O)CNC(=O)[C@H](C)N)C(=O)N[C@@H](CCCCN)C(=O)N[C@@H](CCCCN)C(=O)NCC(=O)N[C@@H](Cc1ccccc1)C(=O)N[C@@H](CCCCN)C(=O)N[C@@H](CCCCN)C(=O)O. The monoisotopic (exact) mass is 1900 g/mol. The Morgan fingerprint density at radius 3 is 0.941 bits per heavy atom. The Hall–Kier alpha value is -11.6. The third-order valence-electron chi connectivity index (χ3n) is 22.1. The molecule has 44 nitrogen and oxygen atoms in total. The van der Waals surface area contributed by atoms with Crippen molar-refractivity contribution >= 4 is 106 Å². The summed E-state index contributed by atoms with van der Waals surface area (Å²) in [6.45, 7) is 14.9. The number of aliphatic carboxylic acids is 1. The van der Waals surface area contributed by atoms with Crippen LogP contribution in [0.2, 0.25) is 0 Å². The maximum absolute atomic E-state index is 14.7. The van der Waals surface area contributed by atoms with Gasteiger partial charge in [-0.2, -0.15) is 0 Å². The number of amides is 16. The second kappa shape index (κ2) is 67.6. The average molecular weight is 1900 g/mol. The van der Waals surface area contributed by atoms with Crippen molar-refractivity contribution in [3.8, 4) is 0 Å². The van der Waals surface area contributed by atoms with Gasteiger partial charge < -0.3 is 142 Å². The molecule has 0 spiro atoms. The van der Waals surface area contributed by atoms with Gasteiger partial charge in [0, 0.05) is 19.4 Å². The molecule has 44 heteroatoms. The van der Waals surface area contributed by atoms with Crippen molar-refractivity contribution in [2.45, 2.75) is 313 Å². The number of carbonyl (C=O) groups is 17. The Kier molecular flexibility index (Phi) is 59.8. The zero-order valence-electron chi connectivity index (χ0n) is 80.2. The van der Waals surface area contributed by atoms with Crippen molar-refractivity contribution in [2.24, 2.45) is 74.3 Å². The first-order valence-electron chi connectivity index (χ1n) is 47.3. The fourth-order valence-electron chi connectivity index (χ4n) is 14.2. The van der Waals surface area contributed by atoms with Crippen molar-refractivity contribution in [3.63, 3.8) is 0 Å². The minimum absolute atomic E-state index is 0.00277. The van der Waals surface area contributed by atoms with Crippen LogP contribution in [0.5, 0.6) is 0 Å². The summed E-state index contributed by atoms with van der Waals surface area (Å²) in [5.41, 5.74) is 53.0. The van der Waals surface area contributed by atoms with Gasteiger partial charge in [-0.3, -0.25) is 81.7 Å². The number of nitrogens with zero attached hydrogens (tertiary/aromatic N) is 1. The molecule has 0 unspecified atom stereocenters. The quantitative estimate of drug-likeness (QED) is 0.0170. The molecule has 0 aliphatic rings. The number of carboxylic acids is 1. The van der Waals surface area contributed by atoms with Crippen molar-refractivity contribution in [3.05, 3.63) is 71.8 Å². The highest BCUT2D eigenvalue weighted by molar-refractivity contribution is 6.01. The summed E-state index contributed by atoms with van der Waals surface area (Å²) in [6.07, 6.45) is 5.07. The van der Waals surface area contributed by atoms with E-state index in [4.69, 9.17) is 51.6 Å². The van der Waals surface area contributed by atoms with Crippen LogP contribution in [0, 0.1) is 17.8 Å². The lowest BCUT2D eigenvalue weighted by Crippen LogP contribution is -2.61. The number of benzene rings is 2. The van der Waals surface area contributed by atoms with E-state index in [2.05, 4.69) is 90.1 Å². The molecule has 135 heavy (non-hydrogen) atoms. The Bertz CT molecular complexity index is 4040. The molecule has 2 rings (SSSR count). The molecular formula is C91H158N26O18. The molecule has 0 aliphatic carbocycles. The molecule has 16 amide bonds. The van der Waals surface area contributed by atoms with E-state index in [1.807, 2.05) is 13.8 Å². The molecule has 2 aromatic rings. The summed E-state index contributed by atoms with van der Waals surface area (Å²) in [7, 11) is 0. The number of rotatable bonds is 71. The number of carbonyl (C=O) groups excluding carboxylic acids is 16. The second-order valence-electron chi connectivity index (χ2n) is 35.0. The molecule has 0 aromatic heterocycles. The molecule has 760 valence electrons. The minimum atomic E-state index is -1.44. The minimum Gasteiger partial charge on any atom is -0.480 e. The van der Waals surface area contributed by atoms with Gasteiger partial charge in [0.05, 0.1) is 19.1 Å². The van der Waals surface area contributed by atoms with Crippen LogP contribution >= 0.6 is 0 Å². The number of unbranched alkanes of at least 4 members (excludes halogenated alkanes) is 6. The van der Waals surface area contributed by atoms with Crippen molar-refractivity contribution in [2.75, 3.05) is 58.9 Å². The van der Waals surface area contributed by atoms with Crippen LogP contribution in [-0.4, -0.2) is 261 Å². The molecule has 0 aliphatic heterocycles. The zero-order chi connectivity index (χ0) is 101. The van der Waals surface area contributed by atoms with Crippen LogP contribution in [0.4, 0.5) is 0 Å². The summed E-state index contributed by atoms with van der Waals surface area (Å²) in [4.78, 5) is 243. The highest BCUT2D eigenvalue weighted by atomic mass is 16.4. The fraction of sp³-hybridized carbons (Fsp3) is 0.670. The van der Waals surface area contributed by atoms with Crippen LogP contribution in [0.1, 0.15) is 221 Å². The van der Waals surface area contributed by atoms with Crippen molar-refractivity contribution < 1.29 is 86.6 Å². The average Bonchev–Trinajstić information content (AvgIpc) is 0.859. The smallest absolute Gasteiger partial charge is 0.326 e. The lowest BCUT2D eigenvalue weighted by molar-refractivity contribution is -0.142. The highest BCUT2D eigenvalue weighted by Gasteiger charge is 2.39. The van der Waals surface area contributed by atoms with E-state index < -0.39 is 210 Å². The number of nitrogens with one attached hydrogen (secondary N) is 16. The fourth-order valence-corrected chi connectivity index (χ4v) is 14.2. The standard InChI is InChI=1S/C91H158N26O18/c1-10-56(6)75(89(133)113-66(38-21-27-45-96)82(126)109-62(34-17-23-41-92)79(123)103-53-74(119)107-71(50-60-30-13-11-14-31-60)87(131)111-64(36-19-25-43-94)83(127)114-68(90(134)135)39-22-28-46-97)117-78(122)59(9)104-80(124)67(40-29-47-101-91(99)100)108-77(121)58(8)105-85(129)70(49-55(4)5)115-84(128)65(37-20-26-44-95)110-81(125)63(35-18-24-42-93)112-88(132)72(51-61-32-15-12-16-33-61)116-86(130)69(48-54(2)3)106-73(118)52-102-76(120)57(7)98/h11-16,30-33,54-59,62-72,75H,10,17-29,34-53,92-98H2,1-9H3,(H,102,120)(H,103,123)(H,104,124)(H,105,129)(H,106,118)(H,107,119)(H,108,121)(H,109,126)(H,110,125)(H,111,131)(H,112,132)(H,113,133)(H,114,127)(H,115,128)(H,116,130)(H,117,122)(H,134,135)(H4,99,100,101)/t56-,57-,58-,59-,62-,63-,64-,65-,66-,67-,68-,69-,70-,71-,72-,75-/m0/s1. The van der Waals surface area contributed by atoms with E-state index in [1.54, 1.807) is 88.4 Å². The van der Waals surface area contributed by atoms with Gasteiger partial charge in [0.15, 0.2) is 5.96 Å². The van der Waals surface area contributed by atoms with Gasteiger partial charge in [0.2, 0.25) is 94.5 Å². The van der Waals surface area contributed by atoms with Crippen molar-refractivity contribution in [1.29, 1.82) is 0 Å². The Morgan fingerprint density at radius 1 is 0.311 bits per heavy atom. The molecule has 0 fully saturated rings. The maximum Gasteiger partial charge on any atom is 0.326 e. The van der Waals surface area contributed by atoms with Gasteiger partial charge >= 0.3 is 5.97 Å². The van der Waals surface area contributed by atoms with Gasteiger partial charge in [-0.25, -0.2) is 4.79 Å². The lowest BCUT2D eigenvalue weighted by Gasteiger charge is -2.29. The van der Waals surface area contributed by atoms with E-state index in [0.717, 1.165) is 0 Å². The third-order valence-corrected chi connectivity index (χ3v) is 22.1. The normalized spacial score (nSPS) is 14.7. The van der Waals surface area contributed by atoms with Crippen LogP contribution < -0.4 is 137 Å². The number of carboxylic acid groups (broad SMARTS) is 1. The Balaban J connectivity index is 2.46. The molecule has 0 heterocycles. The molecule has 0 saturated heterocycles. The van der Waals surface area contributed by atoms with Crippen LogP contribution in [0.3, 0.4) is 0 Å². The summed E-state index contributed by atoms with van der Waals surface area (Å²) in [5, 5.41) is 52.4. The van der Waals surface area contributed by atoms with E-state index in [1.165, 1.54) is 20.8 Å². The molecule has 16 atom stereocenters. The van der Waals surface area contributed by atoms with E-state index in [0.29, 0.717) is 101 Å². The largest absolute Gasteiger partial charge is 0.480 e. The first-order chi connectivity index (χ1) is 64.2. The van der Waals surface area contributed by atoms with Crippen molar-refractivity contribution in [1.82, 2.24) is 85.1 Å². The van der Waals surface area contributed by atoms with Crippen LogP contribution in [-0.2, 0) is 94.3 Å². The number of hydrogen-bond donors (Lipinski definition) is 26. The summed E-state index contributed by atoms with van der Waals surface area (Å²) in [5.74, 6) is -15.4. The van der Waals surface area contributed by atoms with Gasteiger partial charge in [0.25, 0.3) is 0 Å². The molecule has 0 bridgehead atoms. The predicted octanol–water partition coefficient (Wildman–Crippen LogP) is -4.07. The van der Waals surface area contributed by atoms with Gasteiger partial charge in [-0.1, -0.05) is 109 Å². The van der Waals surface area contributed by atoms with Gasteiger partial charge in [0.1, 0.15) is 84.6 Å². The molecule has 0 saturated carbocycles. The molecule has 35 N–H and O–H groups in total. The van der Waals surface area contributed by atoms with Crippen LogP contribution in [0.15, 0.2) is 65.7 Å². The first-order valence-corrected chi connectivity index (χ1v) is 47.3. The third kappa shape index (κ3) is 49.5. The van der Waals surface area contributed by atoms with E-state index >= 15 is 0 Å². The second-order valence-corrected chi connectivity index (χ2v) is 35.0. The van der Waals surface area contributed by atoms with E-state index in [9.17, 15) is 86.6 Å². The highest BCUT2D eigenvalue weighted by Crippen LogP contribution is 2.18.